The largest absolute Gasteiger partial charge is 0.294 e. The maximum Gasteiger partial charge on any atom is 0.144 e. The van der Waals surface area contributed by atoms with Crippen LogP contribution in [0.5, 0.6) is 0 Å². The molecule has 1 heterocycles. The highest BCUT2D eigenvalue weighted by Crippen LogP contribution is 2.30. The first kappa shape index (κ1) is 13.7. The number of para-hydroxylation sites is 1. The third-order valence-electron chi connectivity index (χ3n) is 2.98. The number of hydrogen-bond acceptors (Lipinski definition) is 1. The molecule has 0 spiro atoms. The first-order valence-electron chi connectivity index (χ1n) is 5.79. The molecule has 0 aliphatic carbocycles. The van der Waals surface area contributed by atoms with Gasteiger partial charge in [-0.2, -0.15) is 0 Å². The monoisotopic (exact) mass is 328 g/mol. The van der Waals surface area contributed by atoms with Crippen LogP contribution in [0.3, 0.4) is 0 Å². The molecule has 0 aliphatic heterocycles. The van der Waals surface area contributed by atoms with Gasteiger partial charge in [0.25, 0.3) is 0 Å². The standard InChI is InChI=1S/C14H8Cl3FN2/c15-7-14-19-11-6-10(18)9(17)5-13(11)20(14)12-4-2-1-3-8(12)16/h1-6H,7H2. The molecule has 0 amide bonds. The van der Waals surface area contributed by atoms with Gasteiger partial charge in [0.15, 0.2) is 0 Å². The van der Waals surface area contributed by atoms with E-state index in [0.29, 0.717) is 21.9 Å². The quantitative estimate of drug-likeness (QED) is 0.590. The van der Waals surface area contributed by atoms with Gasteiger partial charge in [-0.15, -0.1) is 11.6 Å². The molecule has 0 atom stereocenters. The SMILES string of the molecule is Fc1cc2nc(CCl)n(-c3ccccc3Cl)c2cc1Cl. The van der Waals surface area contributed by atoms with Gasteiger partial charge in [-0.3, -0.25) is 4.57 Å². The van der Waals surface area contributed by atoms with Crippen molar-refractivity contribution in [2.75, 3.05) is 0 Å². The average Bonchev–Trinajstić information content (AvgIpc) is 2.77. The van der Waals surface area contributed by atoms with Gasteiger partial charge in [-0.05, 0) is 18.2 Å². The van der Waals surface area contributed by atoms with E-state index < -0.39 is 5.82 Å². The van der Waals surface area contributed by atoms with E-state index in [1.165, 1.54) is 12.1 Å². The highest BCUT2D eigenvalue weighted by atomic mass is 35.5. The Morgan fingerprint density at radius 3 is 2.55 bits per heavy atom. The van der Waals surface area contributed by atoms with Crippen LogP contribution in [0.15, 0.2) is 36.4 Å². The fourth-order valence-electron chi connectivity index (χ4n) is 2.11. The Labute approximate surface area is 129 Å². The van der Waals surface area contributed by atoms with Crippen LogP contribution in [0.25, 0.3) is 16.7 Å². The van der Waals surface area contributed by atoms with E-state index in [0.717, 1.165) is 5.69 Å². The summed E-state index contributed by atoms with van der Waals surface area (Å²) < 4.78 is 15.3. The molecular formula is C14H8Cl3FN2. The van der Waals surface area contributed by atoms with Gasteiger partial charge >= 0.3 is 0 Å². The van der Waals surface area contributed by atoms with E-state index >= 15 is 0 Å². The number of fused-ring (bicyclic) bond motifs is 1. The van der Waals surface area contributed by atoms with Crippen molar-refractivity contribution in [2.24, 2.45) is 0 Å². The third kappa shape index (κ3) is 2.16. The highest BCUT2D eigenvalue weighted by molar-refractivity contribution is 6.32. The van der Waals surface area contributed by atoms with Crippen molar-refractivity contribution in [3.63, 3.8) is 0 Å². The van der Waals surface area contributed by atoms with E-state index in [-0.39, 0.29) is 10.9 Å². The summed E-state index contributed by atoms with van der Waals surface area (Å²) in [5, 5.41) is 0.588. The molecule has 0 fully saturated rings. The van der Waals surface area contributed by atoms with Crippen molar-refractivity contribution in [3.05, 3.63) is 58.1 Å². The summed E-state index contributed by atoms with van der Waals surface area (Å²) >= 11 is 18.0. The summed E-state index contributed by atoms with van der Waals surface area (Å²) in [6.45, 7) is 0. The first-order valence-corrected chi connectivity index (χ1v) is 7.08. The van der Waals surface area contributed by atoms with Crippen molar-refractivity contribution in [2.45, 2.75) is 5.88 Å². The van der Waals surface area contributed by atoms with Crippen molar-refractivity contribution in [3.8, 4) is 5.69 Å². The van der Waals surface area contributed by atoms with E-state index in [4.69, 9.17) is 34.8 Å². The lowest BCUT2D eigenvalue weighted by Gasteiger charge is -2.09. The van der Waals surface area contributed by atoms with Crippen molar-refractivity contribution >= 4 is 45.8 Å². The minimum Gasteiger partial charge on any atom is -0.294 e. The van der Waals surface area contributed by atoms with Gasteiger partial charge in [0.1, 0.15) is 11.6 Å². The highest BCUT2D eigenvalue weighted by Gasteiger charge is 2.15. The van der Waals surface area contributed by atoms with Gasteiger partial charge in [-0.25, -0.2) is 9.37 Å². The Morgan fingerprint density at radius 2 is 1.85 bits per heavy atom. The zero-order chi connectivity index (χ0) is 14.3. The lowest BCUT2D eigenvalue weighted by Crippen LogP contribution is -2.00. The molecule has 0 radical (unpaired) electrons. The van der Waals surface area contributed by atoms with Gasteiger partial charge in [-0.1, -0.05) is 35.3 Å². The zero-order valence-corrected chi connectivity index (χ0v) is 12.3. The normalized spacial score (nSPS) is 11.2. The Morgan fingerprint density at radius 1 is 1.10 bits per heavy atom. The molecule has 0 bridgehead atoms. The second-order valence-corrected chi connectivity index (χ2v) is 5.29. The molecule has 2 nitrogen and oxygen atoms in total. The molecule has 0 saturated carbocycles. The summed E-state index contributed by atoms with van der Waals surface area (Å²) in [4.78, 5) is 4.32. The molecule has 20 heavy (non-hydrogen) atoms. The predicted molar refractivity (Wildman–Crippen MR) is 80.6 cm³/mol. The molecule has 102 valence electrons. The smallest absolute Gasteiger partial charge is 0.144 e. The van der Waals surface area contributed by atoms with Crippen molar-refractivity contribution in [1.29, 1.82) is 0 Å². The van der Waals surface area contributed by atoms with Crippen LogP contribution >= 0.6 is 34.8 Å². The van der Waals surface area contributed by atoms with Gasteiger partial charge in [0.2, 0.25) is 0 Å². The topological polar surface area (TPSA) is 17.8 Å². The Kier molecular flexibility index (Phi) is 3.59. The summed E-state index contributed by atoms with van der Waals surface area (Å²) in [7, 11) is 0. The molecule has 0 unspecified atom stereocenters. The van der Waals surface area contributed by atoms with Crippen LogP contribution in [0.4, 0.5) is 4.39 Å². The number of nitrogens with zero attached hydrogens (tertiary/aromatic N) is 2. The van der Waals surface area contributed by atoms with Gasteiger partial charge in [0.05, 0.1) is 32.6 Å². The molecule has 6 heteroatoms. The van der Waals surface area contributed by atoms with Crippen LogP contribution in [0.2, 0.25) is 10.0 Å². The van der Waals surface area contributed by atoms with Crippen LogP contribution < -0.4 is 0 Å². The summed E-state index contributed by atoms with van der Waals surface area (Å²) in [6, 6.07) is 10.1. The molecule has 0 N–H and O–H groups in total. The van der Waals surface area contributed by atoms with Crippen molar-refractivity contribution < 1.29 is 4.39 Å². The van der Waals surface area contributed by atoms with E-state index in [2.05, 4.69) is 4.98 Å². The fraction of sp³-hybridized carbons (Fsp3) is 0.0714. The minimum absolute atomic E-state index is 0.0341. The van der Waals surface area contributed by atoms with Gasteiger partial charge in [0, 0.05) is 6.07 Å². The number of hydrogen-bond donors (Lipinski definition) is 0. The molecule has 3 rings (SSSR count). The number of aromatic nitrogens is 2. The number of alkyl halides is 1. The van der Waals surface area contributed by atoms with E-state index in [1.807, 2.05) is 18.2 Å². The van der Waals surface area contributed by atoms with Gasteiger partial charge < -0.3 is 0 Å². The summed E-state index contributed by atoms with van der Waals surface area (Å²) in [5.74, 6) is 0.250. The van der Waals surface area contributed by atoms with E-state index in [1.54, 1.807) is 10.6 Å². The second kappa shape index (κ2) is 5.24. The Hall–Kier alpha value is -1.29. The first-order chi connectivity index (χ1) is 9.61. The summed E-state index contributed by atoms with van der Waals surface area (Å²) in [6.07, 6.45) is 0. The molecule has 3 aromatic rings. The van der Waals surface area contributed by atoms with Crippen LogP contribution in [0, 0.1) is 5.82 Å². The Bertz CT molecular complexity index is 798. The zero-order valence-electron chi connectivity index (χ0n) is 10.1. The van der Waals surface area contributed by atoms with Crippen LogP contribution in [-0.4, -0.2) is 9.55 Å². The second-order valence-electron chi connectivity index (χ2n) is 4.20. The van der Waals surface area contributed by atoms with Crippen molar-refractivity contribution in [1.82, 2.24) is 9.55 Å². The lowest BCUT2D eigenvalue weighted by atomic mass is 10.2. The summed E-state index contributed by atoms with van der Waals surface area (Å²) in [5.41, 5.74) is 1.89. The molecule has 0 aliphatic rings. The maximum atomic E-state index is 13.5. The number of halogens is 4. The molecule has 0 saturated heterocycles. The molecular weight excluding hydrogens is 322 g/mol. The Balaban J connectivity index is 2.39. The molecule has 1 aromatic heterocycles. The predicted octanol–water partition coefficient (Wildman–Crippen LogP) is 5.21. The number of benzene rings is 2. The number of imidazole rings is 1. The number of rotatable bonds is 2. The van der Waals surface area contributed by atoms with Crippen LogP contribution in [0.1, 0.15) is 5.82 Å². The third-order valence-corrected chi connectivity index (χ3v) is 3.83. The average molecular weight is 330 g/mol. The lowest BCUT2D eigenvalue weighted by molar-refractivity contribution is 0.630. The van der Waals surface area contributed by atoms with Crippen LogP contribution in [-0.2, 0) is 5.88 Å². The van der Waals surface area contributed by atoms with E-state index in [9.17, 15) is 4.39 Å². The minimum atomic E-state index is -0.510. The molecule has 2 aromatic carbocycles. The maximum absolute atomic E-state index is 13.5. The fourth-order valence-corrected chi connectivity index (χ4v) is 2.67.